The molecule has 138 valence electrons. The van der Waals surface area contributed by atoms with Gasteiger partial charge < -0.3 is 15.1 Å². The van der Waals surface area contributed by atoms with Crippen molar-refractivity contribution in [1.29, 1.82) is 0 Å². The van der Waals surface area contributed by atoms with Crippen LogP contribution in [0.1, 0.15) is 23.0 Å². The molecule has 1 heterocycles. The molecule has 2 aromatic carbocycles. The van der Waals surface area contributed by atoms with Crippen LogP contribution in [0.15, 0.2) is 70.2 Å². The number of thioether (sulfide) groups is 1. The summed E-state index contributed by atoms with van der Waals surface area (Å²) in [5.41, 5.74) is 1.06. The summed E-state index contributed by atoms with van der Waals surface area (Å²) in [4.78, 5) is 24.7. The lowest BCUT2D eigenvalue weighted by Crippen LogP contribution is -2.14. The summed E-state index contributed by atoms with van der Waals surface area (Å²) < 4.78 is 19.3. The number of furan rings is 1. The van der Waals surface area contributed by atoms with Crippen LogP contribution in [0.25, 0.3) is 0 Å². The van der Waals surface area contributed by atoms with Gasteiger partial charge in [0.05, 0.1) is 12.0 Å². The number of amides is 2. The maximum absolute atomic E-state index is 14.0. The summed E-state index contributed by atoms with van der Waals surface area (Å²) in [7, 11) is 0. The van der Waals surface area contributed by atoms with E-state index in [1.54, 1.807) is 17.8 Å². The van der Waals surface area contributed by atoms with E-state index < -0.39 is 11.7 Å². The number of hydrogen-bond acceptors (Lipinski definition) is 4. The molecule has 5 nitrogen and oxygen atoms in total. The normalized spacial score (nSPS) is 10.4. The summed E-state index contributed by atoms with van der Waals surface area (Å²) in [6.07, 6.45) is 1.43. The standard InChI is InChI=1S/C20H17FN2O3S/c1-13(24)22-15-7-8-17(21)18(11-15)23-20(25)19-14(9-10-26-19)12-27-16-5-3-2-4-6-16/h2-11H,12H2,1H3,(H,22,24)(H,23,25). The van der Waals surface area contributed by atoms with Gasteiger partial charge in [-0.25, -0.2) is 4.39 Å². The first-order valence-corrected chi connectivity index (χ1v) is 9.14. The van der Waals surface area contributed by atoms with Gasteiger partial charge in [0.25, 0.3) is 5.91 Å². The van der Waals surface area contributed by atoms with Crippen LogP contribution in [-0.4, -0.2) is 11.8 Å². The van der Waals surface area contributed by atoms with Crippen LogP contribution < -0.4 is 10.6 Å². The van der Waals surface area contributed by atoms with Crippen molar-refractivity contribution in [2.45, 2.75) is 17.6 Å². The van der Waals surface area contributed by atoms with Crippen LogP contribution >= 0.6 is 11.8 Å². The second-order valence-corrected chi connectivity index (χ2v) is 6.76. The summed E-state index contributed by atoms with van der Waals surface area (Å²) in [5, 5.41) is 5.04. The summed E-state index contributed by atoms with van der Waals surface area (Å²) in [6, 6.07) is 15.4. The van der Waals surface area contributed by atoms with Crippen molar-refractivity contribution in [3.05, 3.63) is 78.0 Å². The molecule has 0 bridgehead atoms. The molecule has 0 aliphatic rings. The van der Waals surface area contributed by atoms with Gasteiger partial charge in [0.1, 0.15) is 5.82 Å². The van der Waals surface area contributed by atoms with Gasteiger partial charge in [0.2, 0.25) is 5.91 Å². The van der Waals surface area contributed by atoms with Gasteiger partial charge in [-0.2, -0.15) is 0 Å². The lowest BCUT2D eigenvalue weighted by Gasteiger charge is -2.09. The average molecular weight is 384 g/mol. The van der Waals surface area contributed by atoms with Crippen LogP contribution in [-0.2, 0) is 10.5 Å². The fraction of sp³-hybridized carbons (Fsp3) is 0.100. The fourth-order valence-corrected chi connectivity index (χ4v) is 3.31. The smallest absolute Gasteiger partial charge is 0.291 e. The molecule has 3 rings (SSSR count). The predicted molar refractivity (Wildman–Crippen MR) is 103 cm³/mol. The van der Waals surface area contributed by atoms with E-state index in [-0.39, 0.29) is 17.4 Å². The van der Waals surface area contributed by atoms with E-state index in [0.29, 0.717) is 17.0 Å². The number of benzene rings is 2. The number of carbonyl (C=O) groups excluding carboxylic acids is 2. The van der Waals surface area contributed by atoms with E-state index in [0.717, 1.165) is 4.90 Å². The molecule has 0 aliphatic carbocycles. The number of rotatable bonds is 6. The molecular formula is C20H17FN2O3S. The van der Waals surface area contributed by atoms with E-state index in [9.17, 15) is 14.0 Å². The van der Waals surface area contributed by atoms with Crippen molar-refractivity contribution in [1.82, 2.24) is 0 Å². The van der Waals surface area contributed by atoms with Crippen LogP contribution in [0.3, 0.4) is 0 Å². The van der Waals surface area contributed by atoms with Gasteiger partial charge in [0, 0.05) is 28.8 Å². The van der Waals surface area contributed by atoms with E-state index in [1.807, 2.05) is 30.3 Å². The fourth-order valence-electron chi connectivity index (χ4n) is 2.41. The van der Waals surface area contributed by atoms with Crippen molar-refractivity contribution >= 4 is 35.0 Å². The largest absolute Gasteiger partial charge is 0.459 e. The molecule has 27 heavy (non-hydrogen) atoms. The van der Waals surface area contributed by atoms with Crippen molar-refractivity contribution in [3.8, 4) is 0 Å². The van der Waals surface area contributed by atoms with Gasteiger partial charge in [-0.3, -0.25) is 9.59 Å². The highest BCUT2D eigenvalue weighted by atomic mass is 32.2. The number of anilines is 2. The van der Waals surface area contributed by atoms with Gasteiger partial charge >= 0.3 is 0 Å². The summed E-state index contributed by atoms with van der Waals surface area (Å²) in [6.45, 7) is 1.35. The zero-order chi connectivity index (χ0) is 19.2. The maximum atomic E-state index is 14.0. The zero-order valence-corrected chi connectivity index (χ0v) is 15.3. The van der Waals surface area contributed by atoms with E-state index in [1.165, 1.54) is 31.4 Å². The number of carbonyl (C=O) groups is 2. The number of halogens is 1. The highest BCUT2D eigenvalue weighted by Gasteiger charge is 2.17. The molecule has 0 aliphatic heterocycles. The van der Waals surface area contributed by atoms with Crippen LogP contribution in [0, 0.1) is 5.82 Å². The molecule has 0 saturated carbocycles. The molecule has 0 saturated heterocycles. The van der Waals surface area contributed by atoms with Crippen molar-refractivity contribution in [2.75, 3.05) is 10.6 Å². The first kappa shape index (κ1) is 18.7. The third-order valence-electron chi connectivity index (χ3n) is 3.63. The summed E-state index contributed by atoms with van der Waals surface area (Å²) >= 11 is 1.57. The minimum Gasteiger partial charge on any atom is -0.459 e. The highest BCUT2D eigenvalue weighted by Crippen LogP contribution is 2.26. The summed E-state index contributed by atoms with van der Waals surface area (Å²) in [5.74, 6) is -0.780. The Balaban J connectivity index is 1.72. The van der Waals surface area contributed by atoms with Crippen LogP contribution in [0.2, 0.25) is 0 Å². The van der Waals surface area contributed by atoms with Gasteiger partial charge in [-0.05, 0) is 36.4 Å². The van der Waals surface area contributed by atoms with Gasteiger partial charge in [0.15, 0.2) is 5.76 Å². The minimum atomic E-state index is -0.607. The second kappa shape index (κ2) is 8.55. The molecule has 2 amide bonds. The molecule has 2 N–H and O–H groups in total. The van der Waals surface area contributed by atoms with Gasteiger partial charge in [-0.1, -0.05) is 18.2 Å². The predicted octanol–water partition coefficient (Wildman–Crippen LogP) is 4.92. The molecule has 7 heteroatoms. The molecule has 3 aromatic rings. The molecule has 0 spiro atoms. The lowest BCUT2D eigenvalue weighted by molar-refractivity contribution is -0.114. The van der Waals surface area contributed by atoms with Crippen molar-refractivity contribution in [3.63, 3.8) is 0 Å². The third-order valence-corrected chi connectivity index (χ3v) is 4.69. The molecule has 0 fully saturated rings. The Kier molecular flexibility index (Phi) is 5.93. The lowest BCUT2D eigenvalue weighted by atomic mass is 10.2. The molecule has 1 aromatic heterocycles. The second-order valence-electron chi connectivity index (χ2n) is 5.71. The molecule has 0 radical (unpaired) electrons. The van der Waals surface area contributed by atoms with E-state index >= 15 is 0 Å². The first-order chi connectivity index (χ1) is 13.0. The Labute approximate surface area is 160 Å². The number of nitrogens with one attached hydrogen (secondary N) is 2. The molecule has 0 atom stereocenters. The topological polar surface area (TPSA) is 71.3 Å². The zero-order valence-electron chi connectivity index (χ0n) is 14.5. The van der Waals surface area contributed by atoms with E-state index in [2.05, 4.69) is 10.6 Å². The van der Waals surface area contributed by atoms with E-state index in [4.69, 9.17) is 4.42 Å². The quantitative estimate of drug-likeness (QED) is 0.592. The third kappa shape index (κ3) is 4.98. The first-order valence-electron chi connectivity index (χ1n) is 8.15. The van der Waals surface area contributed by atoms with Gasteiger partial charge in [-0.15, -0.1) is 11.8 Å². The Hall–Kier alpha value is -3.06. The Morgan fingerprint density at radius 1 is 1.07 bits per heavy atom. The highest BCUT2D eigenvalue weighted by molar-refractivity contribution is 7.98. The molecule has 0 unspecified atom stereocenters. The Morgan fingerprint density at radius 2 is 1.85 bits per heavy atom. The Morgan fingerprint density at radius 3 is 2.59 bits per heavy atom. The monoisotopic (exact) mass is 384 g/mol. The Bertz CT molecular complexity index is 957. The molecular weight excluding hydrogens is 367 g/mol. The van der Waals surface area contributed by atoms with Crippen LogP contribution in [0.4, 0.5) is 15.8 Å². The number of hydrogen-bond donors (Lipinski definition) is 2. The average Bonchev–Trinajstić information content (AvgIpc) is 3.12. The van der Waals surface area contributed by atoms with Crippen LogP contribution in [0.5, 0.6) is 0 Å². The maximum Gasteiger partial charge on any atom is 0.291 e. The minimum absolute atomic E-state index is 0.0377. The SMILES string of the molecule is CC(=O)Nc1ccc(F)c(NC(=O)c2occc2CSc2ccccc2)c1. The van der Waals surface area contributed by atoms with Crippen molar-refractivity contribution in [2.24, 2.45) is 0 Å². The van der Waals surface area contributed by atoms with Crippen molar-refractivity contribution < 1.29 is 18.4 Å².